The molecule has 0 radical (unpaired) electrons. The highest BCUT2D eigenvalue weighted by atomic mass is 16.3. The van der Waals surface area contributed by atoms with Crippen molar-refractivity contribution in [2.75, 3.05) is 11.9 Å². The number of carbonyl (C=O) groups excluding carboxylic acids is 1. The molecule has 0 saturated heterocycles. The Labute approximate surface area is 136 Å². The number of anilines is 1. The molecule has 1 aliphatic carbocycles. The predicted octanol–water partition coefficient (Wildman–Crippen LogP) is 4.38. The summed E-state index contributed by atoms with van der Waals surface area (Å²) in [6, 6.07) is 11.8. The van der Waals surface area contributed by atoms with Crippen LogP contribution in [0.25, 0.3) is 0 Å². The molecule has 3 atom stereocenters. The molecule has 1 fully saturated rings. The normalized spacial score (nSPS) is 25.9. The van der Waals surface area contributed by atoms with E-state index in [1.54, 1.807) is 0 Å². The summed E-state index contributed by atoms with van der Waals surface area (Å²) in [4.78, 5) is 14.7. The predicted molar refractivity (Wildman–Crippen MR) is 89.4 cm³/mol. The molecule has 2 aromatic rings. The molecule has 0 spiro atoms. The average Bonchev–Trinajstić information content (AvgIpc) is 3.10. The number of para-hydroxylation sites is 1. The van der Waals surface area contributed by atoms with E-state index in [4.69, 9.17) is 4.42 Å². The number of fused-ring (bicyclic) bond motifs is 1. The van der Waals surface area contributed by atoms with Gasteiger partial charge in [0.15, 0.2) is 6.17 Å². The van der Waals surface area contributed by atoms with Crippen molar-refractivity contribution in [2.45, 2.75) is 38.8 Å². The molecule has 4 rings (SSSR count). The van der Waals surface area contributed by atoms with Crippen LogP contribution < -0.4 is 5.32 Å². The Morgan fingerprint density at radius 2 is 1.96 bits per heavy atom. The molecule has 1 aliphatic heterocycles. The first-order valence-corrected chi connectivity index (χ1v) is 8.45. The monoisotopic (exact) mass is 310 g/mol. The topological polar surface area (TPSA) is 45.5 Å². The first-order chi connectivity index (χ1) is 11.2. The third-order valence-electron chi connectivity index (χ3n) is 4.88. The van der Waals surface area contributed by atoms with E-state index in [2.05, 4.69) is 25.2 Å². The summed E-state index contributed by atoms with van der Waals surface area (Å²) in [5.41, 5.74) is 1.62. The lowest BCUT2D eigenvalue weighted by atomic mass is 10.1. The Bertz CT molecular complexity index is 736. The molecule has 0 unspecified atom stereocenters. The SMILES string of the molecule is CCCN1C(=O)c2ccccc2N[C@@H]1c1ccc([C@H]2C[C@@H]2C)o1. The van der Waals surface area contributed by atoms with Gasteiger partial charge < -0.3 is 14.6 Å². The van der Waals surface area contributed by atoms with Gasteiger partial charge in [-0.1, -0.05) is 26.0 Å². The largest absolute Gasteiger partial charge is 0.462 e. The van der Waals surface area contributed by atoms with Crippen LogP contribution in [0.1, 0.15) is 60.7 Å². The molecule has 2 heterocycles. The van der Waals surface area contributed by atoms with Crippen LogP contribution in [0.15, 0.2) is 40.8 Å². The van der Waals surface area contributed by atoms with Crippen molar-refractivity contribution in [2.24, 2.45) is 5.92 Å². The summed E-state index contributed by atoms with van der Waals surface area (Å²) >= 11 is 0. The minimum Gasteiger partial charge on any atom is -0.462 e. The standard InChI is InChI=1S/C19H22N2O2/c1-3-10-21-18(17-9-8-16(23-17)14-11-12(14)2)20-15-7-5-4-6-13(15)19(21)22/h4-9,12,14,18,20H,3,10-11H2,1-2H3/t12-,14-,18-/m0/s1. The second-order valence-corrected chi connectivity index (χ2v) is 6.65. The van der Waals surface area contributed by atoms with Gasteiger partial charge in [-0.25, -0.2) is 0 Å². The first-order valence-electron chi connectivity index (χ1n) is 8.45. The Hall–Kier alpha value is -2.23. The molecule has 1 N–H and O–H groups in total. The van der Waals surface area contributed by atoms with Gasteiger partial charge in [0.25, 0.3) is 5.91 Å². The van der Waals surface area contributed by atoms with Crippen molar-refractivity contribution in [3.63, 3.8) is 0 Å². The maximum atomic E-state index is 12.8. The maximum absolute atomic E-state index is 12.8. The number of amides is 1. The summed E-state index contributed by atoms with van der Waals surface area (Å²) in [5, 5.41) is 3.47. The molecular weight excluding hydrogens is 288 g/mol. The first kappa shape index (κ1) is 14.4. The van der Waals surface area contributed by atoms with Crippen LogP contribution in [-0.2, 0) is 0 Å². The quantitative estimate of drug-likeness (QED) is 0.911. The zero-order valence-electron chi connectivity index (χ0n) is 13.6. The minimum atomic E-state index is -0.222. The van der Waals surface area contributed by atoms with Gasteiger partial charge in [-0.2, -0.15) is 0 Å². The average molecular weight is 310 g/mol. The van der Waals surface area contributed by atoms with Crippen LogP contribution in [0.4, 0.5) is 5.69 Å². The molecule has 1 aromatic heterocycles. The fourth-order valence-corrected chi connectivity index (χ4v) is 3.42. The summed E-state index contributed by atoms with van der Waals surface area (Å²) in [6.07, 6.45) is 1.89. The molecule has 1 saturated carbocycles. The number of nitrogens with zero attached hydrogens (tertiary/aromatic N) is 1. The molecule has 1 aromatic carbocycles. The van der Waals surface area contributed by atoms with Crippen molar-refractivity contribution in [3.05, 3.63) is 53.5 Å². The Morgan fingerprint density at radius 3 is 2.70 bits per heavy atom. The van der Waals surface area contributed by atoms with Gasteiger partial charge in [0.2, 0.25) is 0 Å². The van der Waals surface area contributed by atoms with E-state index in [-0.39, 0.29) is 12.1 Å². The van der Waals surface area contributed by atoms with E-state index in [0.29, 0.717) is 18.4 Å². The van der Waals surface area contributed by atoms with Gasteiger partial charge in [0.1, 0.15) is 11.5 Å². The fraction of sp³-hybridized carbons (Fsp3) is 0.421. The summed E-state index contributed by atoms with van der Waals surface area (Å²) < 4.78 is 6.10. The van der Waals surface area contributed by atoms with Gasteiger partial charge in [0.05, 0.1) is 5.56 Å². The summed E-state index contributed by atoms with van der Waals surface area (Å²) in [5.74, 6) is 3.22. The molecule has 23 heavy (non-hydrogen) atoms. The lowest BCUT2D eigenvalue weighted by Gasteiger charge is -2.36. The van der Waals surface area contributed by atoms with E-state index < -0.39 is 0 Å². The van der Waals surface area contributed by atoms with Crippen molar-refractivity contribution >= 4 is 11.6 Å². The van der Waals surface area contributed by atoms with Crippen molar-refractivity contribution < 1.29 is 9.21 Å². The molecule has 2 aliphatic rings. The van der Waals surface area contributed by atoms with Gasteiger partial charge in [-0.3, -0.25) is 4.79 Å². The lowest BCUT2D eigenvalue weighted by molar-refractivity contribution is 0.0662. The number of hydrogen-bond acceptors (Lipinski definition) is 3. The van der Waals surface area contributed by atoms with Crippen LogP contribution in [-0.4, -0.2) is 17.4 Å². The zero-order valence-corrected chi connectivity index (χ0v) is 13.6. The highest BCUT2D eigenvalue weighted by Crippen LogP contribution is 2.48. The third-order valence-corrected chi connectivity index (χ3v) is 4.88. The number of rotatable bonds is 4. The number of hydrogen-bond donors (Lipinski definition) is 1. The lowest BCUT2D eigenvalue weighted by Crippen LogP contribution is -2.43. The second-order valence-electron chi connectivity index (χ2n) is 6.65. The third kappa shape index (κ3) is 2.42. The van der Waals surface area contributed by atoms with E-state index in [0.717, 1.165) is 29.2 Å². The van der Waals surface area contributed by atoms with Crippen LogP contribution in [0.5, 0.6) is 0 Å². The van der Waals surface area contributed by atoms with E-state index in [1.165, 1.54) is 6.42 Å². The smallest absolute Gasteiger partial charge is 0.257 e. The van der Waals surface area contributed by atoms with Crippen molar-refractivity contribution in [1.29, 1.82) is 0 Å². The van der Waals surface area contributed by atoms with Gasteiger partial charge >= 0.3 is 0 Å². The summed E-state index contributed by atoms with van der Waals surface area (Å²) in [7, 11) is 0. The number of carbonyl (C=O) groups is 1. The Balaban J connectivity index is 1.68. The number of benzene rings is 1. The Morgan fingerprint density at radius 1 is 1.22 bits per heavy atom. The highest BCUT2D eigenvalue weighted by molar-refractivity contribution is 6.01. The van der Waals surface area contributed by atoms with Crippen LogP contribution in [0.2, 0.25) is 0 Å². The van der Waals surface area contributed by atoms with Gasteiger partial charge in [0, 0.05) is 18.2 Å². The highest BCUT2D eigenvalue weighted by Gasteiger charge is 2.38. The molecule has 0 bridgehead atoms. The maximum Gasteiger partial charge on any atom is 0.257 e. The zero-order chi connectivity index (χ0) is 16.0. The molecular formula is C19H22N2O2. The minimum absolute atomic E-state index is 0.0731. The van der Waals surface area contributed by atoms with E-state index in [9.17, 15) is 4.79 Å². The number of nitrogens with one attached hydrogen (secondary N) is 1. The van der Waals surface area contributed by atoms with E-state index in [1.807, 2.05) is 35.2 Å². The van der Waals surface area contributed by atoms with Gasteiger partial charge in [-0.05, 0) is 43.0 Å². The summed E-state index contributed by atoms with van der Waals surface area (Å²) in [6.45, 7) is 5.04. The molecule has 1 amide bonds. The van der Waals surface area contributed by atoms with Crippen LogP contribution in [0.3, 0.4) is 0 Å². The Kier molecular flexibility index (Phi) is 3.40. The molecule has 120 valence electrons. The molecule has 4 heteroatoms. The second kappa shape index (κ2) is 5.44. The van der Waals surface area contributed by atoms with Crippen molar-refractivity contribution in [3.8, 4) is 0 Å². The fourth-order valence-electron chi connectivity index (χ4n) is 3.42. The van der Waals surface area contributed by atoms with E-state index >= 15 is 0 Å². The van der Waals surface area contributed by atoms with Crippen LogP contribution in [0, 0.1) is 5.92 Å². The van der Waals surface area contributed by atoms with Crippen LogP contribution >= 0.6 is 0 Å². The molecule has 4 nitrogen and oxygen atoms in total. The van der Waals surface area contributed by atoms with Crippen molar-refractivity contribution in [1.82, 2.24) is 4.90 Å². The van der Waals surface area contributed by atoms with Gasteiger partial charge in [-0.15, -0.1) is 0 Å². The number of furan rings is 1.